The summed E-state index contributed by atoms with van der Waals surface area (Å²) in [5, 5.41) is 2.82. The summed E-state index contributed by atoms with van der Waals surface area (Å²) in [6, 6.07) is 0. The van der Waals surface area contributed by atoms with Gasteiger partial charge in [0.25, 0.3) is 0 Å². The van der Waals surface area contributed by atoms with Gasteiger partial charge in [-0.3, -0.25) is 4.79 Å². The van der Waals surface area contributed by atoms with E-state index in [1.807, 2.05) is 25.3 Å². The number of thiazole rings is 1. The van der Waals surface area contributed by atoms with Crippen LogP contribution in [-0.4, -0.2) is 47.8 Å². The first-order valence-electron chi connectivity index (χ1n) is 15.4. The molecule has 1 aromatic rings. The van der Waals surface area contributed by atoms with E-state index in [2.05, 4.69) is 81.2 Å². The lowest BCUT2D eigenvalue weighted by molar-refractivity contribution is -0.143. The van der Waals surface area contributed by atoms with Crippen LogP contribution in [0.5, 0.6) is 0 Å². The first kappa shape index (κ1) is 42.2. The number of hydrogen-bond acceptors (Lipinski definition) is 7. The van der Waals surface area contributed by atoms with Gasteiger partial charge in [-0.05, 0) is 79.7 Å². The number of carbonyl (C=O) groups excluding carboxylic acids is 2. The molecule has 6 nitrogen and oxygen atoms in total. The van der Waals surface area contributed by atoms with Crippen molar-refractivity contribution < 1.29 is 23.5 Å². The Labute approximate surface area is 299 Å². The third kappa shape index (κ3) is 16.7. The smallest absolute Gasteiger partial charge is 0.385 e. The van der Waals surface area contributed by atoms with Crippen LogP contribution in [0.1, 0.15) is 98.7 Å². The van der Waals surface area contributed by atoms with Gasteiger partial charge in [-0.15, -0.1) is 11.3 Å². The van der Waals surface area contributed by atoms with Crippen LogP contribution in [0.3, 0.4) is 0 Å². The zero-order valence-electron chi connectivity index (χ0n) is 28.0. The molecule has 0 N–H and O–H groups in total. The summed E-state index contributed by atoms with van der Waals surface area (Å²) in [6.45, 7) is 19.5. The Bertz CT molecular complexity index is 1190. The van der Waals surface area contributed by atoms with Crippen molar-refractivity contribution in [1.82, 2.24) is 4.98 Å². The average Bonchev–Trinajstić information content (AvgIpc) is 3.34. The number of aryl methyl sites for hydroxylation is 1. The van der Waals surface area contributed by atoms with E-state index in [1.54, 1.807) is 6.08 Å². The third-order valence-electron chi connectivity index (χ3n) is 7.32. The van der Waals surface area contributed by atoms with E-state index in [0.29, 0.717) is 35.9 Å². The number of aromatic nitrogens is 1. The summed E-state index contributed by atoms with van der Waals surface area (Å²) >= 11 is 21.7. The summed E-state index contributed by atoms with van der Waals surface area (Å²) in [7, 11) is -1.97. The predicted octanol–water partition coefficient (Wildman–Crippen LogP) is 10.4. The van der Waals surface area contributed by atoms with Crippen molar-refractivity contribution in [2.24, 2.45) is 0 Å². The summed E-state index contributed by atoms with van der Waals surface area (Å²) in [6.07, 6.45) is 6.69. The molecule has 0 amide bonds. The van der Waals surface area contributed by atoms with E-state index in [1.165, 1.54) is 11.3 Å². The molecule has 1 rings (SSSR count). The number of halogens is 4. The lowest BCUT2D eigenvalue weighted by Gasteiger charge is -2.44. The second-order valence-electron chi connectivity index (χ2n) is 12.3. The van der Waals surface area contributed by atoms with Gasteiger partial charge in [0.15, 0.2) is 0 Å². The molecule has 2 atom stereocenters. The second kappa shape index (κ2) is 20.5. The van der Waals surface area contributed by atoms with Crippen LogP contribution in [0.25, 0.3) is 0 Å². The van der Waals surface area contributed by atoms with Gasteiger partial charge in [-0.1, -0.05) is 104 Å². The minimum Gasteiger partial charge on any atom is -0.461 e. The number of allylic oxidation sites excluding steroid dienone is 2. The largest absolute Gasteiger partial charge is 0.461 e. The molecule has 0 radical (unpaired) electrons. The van der Waals surface area contributed by atoms with Crippen molar-refractivity contribution >= 4 is 82.3 Å². The van der Waals surface area contributed by atoms with Gasteiger partial charge < -0.3 is 13.9 Å². The van der Waals surface area contributed by atoms with Gasteiger partial charge in [0.1, 0.15) is 12.7 Å². The first-order chi connectivity index (χ1) is 20.8. The van der Waals surface area contributed by atoms with E-state index in [9.17, 15) is 9.59 Å². The normalized spacial score (nSPS) is 14.4. The van der Waals surface area contributed by atoms with Gasteiger partial charge >= 0.3 is 11.9 Å². The first-order valence-corrected chi connectivity index (χ1v) is 20.4. The van der Waals surface area contributed by atoms with Crippen LogP contribution >= 0.6 is 62.1 Å². The molecule has 1 aromatic heterocycles. The Balaban J connectivity index is 2.70. The molecule has 0 spiro atoms. The zero-order valence-corrected chi connectivity index (χ0v) is 33.6. The molecule has 45 heavy (non-hydrogen) atoms. The van der Waals surface area contributed by atoms with E-state index in [0.717, 1.165) is 33.6 Å². The van der Waals surface area contributed by atoms with Crippen molar-refractivity contribution in [2.45, 2.75) is 133 Å². The average molecular weight is 786 g/mol. The lowest BCUT2D eigenvalue weighted by atomic mass is 10.1. The molecule has 1 heterocycles. The molecular formula is C33H49BrCl3NO5SSi. The molecule has 0 fully saturated rings. The van der Waals surface area contributed by atoms with Crippen molar-refractivity contribution in [3.63, 3.8) is 0 Å². The molecule has 0 saturated heterocycles. The third-order valence-corrected chi connectivity index (χ3v) is 15.1. The van der Waals surface area contributed by atoms with E-state index in [4.69, 9.17) is 48.7 Å². The fraction of sp³-hybridized carbons (Fsp3) is 0.667. The highest BCUT2D eigenvalue weighted by molar-refractivity contribution is 9.11. The van der Waals surface area contributed by atoms with Crippen LogP contribution in [0.2, 0.25) is 16.6 Å². The molecule has 0 aliphatic heterocycles. The number of rotatable bonds is 17. The second-order valence-corrected chi connectivity index (χ2v) is 22.4. The van der Waals surface area contributed by atoms with Gasteiger partial charge in [0, 0.05) is 30.2 Å². The highest BCUT2D eigenvalue weighted by Gasteiger charge is 2.46. The Hall–Kier alpha value is -0.863. The van der Waals surface area contributed by atoms with Crippen LogP contribution in [-0.2, 0) is 36.3 Å². The fourth-order valence-electron chi connectivity index (χ4n) is 5.63. The monoisotopic (exact) mass is 783 g/mol. The molecule has 0 saturated carbocycles. The van der Waals surface area contributed by atoms with Gasteiger partial charge in [-0.25, -0.2) is 9.78 Å². The maximum absolute atomic E-state index is 12.6. The van der Waals surface area contributed by atoms with Gasteiger partial charge in [0.05, 0.1) is 10.7 Å². The zero-order chi connectivity index (χ0) is 34.4. The SMILES string of the molecule is C/C(Br)=C\[C@@H](Cc1nc(CCCCC(=O)OCC(Cl)(Cl)Cl)cs1)OC(=O)C#C/C=C(\C)C[C@H](C)O[Si](C(C)C)(C(C)C)C(C)C. The number of hydrogen-bond donors (Lipinski definition) is 0. The summed E-state index contributed by atoms with van der Waals surface area (Å²) in [5.41, 5.74) is 3.53. The molecule has 0 bridgehead atoms. The summed E-state index contributed by atoms with van der Waals surface area (Å²) < 4.78 is 16.7. The highest BCUT2D eigenvalue weighted by Crippen LogP contribution is 2.43. The standard InChI is InChI=1S/C33H49BrCl3NO5SSi/c1-22(2)45(23(3)4,24(5)6)43-27(9)17-25(7)13-12-16-32(40)42-29(18-26(8)34)19-30-38-28(20-44-30)14-10-11-15-31(39)41-21-33(35,36)37/h13,18,20,22-24,27,29H,10-11,14-15,17,19,21H2,1-9H3/b25-13+,26-18+/t27-,29-/m0/s1. The molecule has 12 heteroatoms. The number of ether oxygens (including phenoxy) is 2. The van der Waals surface area contributed by atoms with E-state index < -0.39 is 30.2 Å². The number of unbranched alkanes of at least 4 members (excludes halogenated alkanes) is 1. The Morgan fingerprint density at radius 3 is 2.24 bits per heavy atom. The van der Waals surface area contributed by atoms with Crippen molar-refractivity contribution in [1.29, 1.82) is 0 Å². The summed E-state index contributed by atoms with van der Waals surface area (Å²) in [4.78, 5) is 29.1. The van der Waals surface area contributed by atoms with Crippen LogP contribution in [0.4, 0.5) is 0 Å². The number of carbonyl (C=O) groups is 2. The van der Waals surface area contributed by atoms with Crippen molar-refractivity contribution in [2.75, 3.05) is 6.61 Å². The van der Waals surface area contributed by atoms with Crippen LogP contribution < -0.4 is 0 Å². The topological polar surface area (TPSA) is 74.7 Å². The van der Waals surface area contributed by atoms with Crippen molar-refractivity contribution in [3.05, 3.63) is 38.3 Å². The molecule has 0 unspecified atom stereocenters. The number of esters is 2. The summed E-state index contributed by atoms with van der Waals surface area (Å²) in [5.74, 6) is 4.48. The maximum Gasteiger partial charge on any atom is 0.385 e. The maximum atomic E-state index is 12.6. The van der Waals surface area contributed by atoms with Crippen LogP contribution in [0, 0.1) is 11.8 Å². The molecule has 0 aliphatic rings. The molecule has 0 aliphatic carbocycles. The molecule has 254 valence electrons. The Kier molecular flexibility index (Phi) is 19.2. The Morgan fingerprint density at radius 1 is 1.07 bits per heavy atom. The highest BCUT2D eigenvalue weighted by atomic mass is 79.9. The quantitative estimate of drug-likeness (QED) is 0.0391. The molecule has 0 aromatic carbocycles. The Morgan fingerprint density at radius 2 is 1.69 bits per heavy atom. The minimum atomic E-state index is -1.97. The van der Waals surface area contributed by atoms with E-state index >= 15 is 0 Å². The predicted molar refractivity (Wildman–Crippen MR) is 195 cm³/mol. The fourth-order valence-corrected chi connectivity index (χ4v) is 12.6. The number of nitrogens with zero attached hydrogens (tertiary/aromatic N) is 1. The van der Waals surface area contributed by atoms with Gasteiger partial charge in [0.2, 0.25) is 12.1 Å². The lowest BCUT2D eigenvalue weighted by Crippen LogP contribution is -2.49. The molecular weight excluding hydrogens is 737 g/mol. The van der Waals surface area contributed by atoms with Crippen molar-refractivity contribution in [3.8, 4) is 11.8 Å². The van der Waals surface area contributed by atoms with E-state index in [-0.39, 0.29) is 19.1 Å². The minimum absolute atomic E-state index is 0.0734. The number of alkyl halides is 3. The van der Waals surface area contributed by atoms with Gasteiger partial charge in [-0.2, -0.15) is 0 Å². The van der Waals surface area contributed by atoms with Crippen LogP contribution in [0.15, 0.2) is 27.6 Å².